The number of carbonyl (C=O) groups excluding carboxylic acids is 2. The van der Waals surface area contributed by atoms with E-state index in [1.165, 1.54) is 6.21 Å². The molecule has 0 aromatic heterocycles. The second kappa shape index (κ2) is 12.7. The van der Waals surface area contributed by atoms with Crippen LogP contribution in [0.15, 0.2) is 58.1 Å². The molecular formula is C23H27BrN4O6S. The number of anilines is 1. The fourth-order valence-corrected chi connectivity index (χ4v) is 4.75. The molecule has 12 heteroatoms. The number of nitrogens with zero attached hydrogens (tertiary/aromatic N) is 2. The molecule has 2 aromatic rings. The van der Waals surface area contributed by atoms with Crippen molar-refractivity contribution in [2.75, 3.05) is 36.9 Å². The molecule has 2 aromatic carbocycles. The molecule has 1 atom stereocenters. The molecule has 188 valence electrons. The Hall–Kier alpha value is -2.96. The summed E-state index contributed by atoms with van der Waals surface area (Å²) in [7, 11) is -3.70. The molecule has 0 spiro atoms. The van der Waals surface area contributed by atoms with Crippen LogP contribution in [-0.2, 0) is 24.3 Å². The number of para-hydroxylation sites is 1. The van der Waals surface area contributed by atoms with Crippen LogP contribution in [0.25, 0.3) is 0 Å². The van der Waals surface area contributed by atoms with Crippen molar-refractivity contribution >= 4 is 49.7 Å². The molecule has 1 saturated heterocycles. The van der Waals surface area contributed by atoms with Crippen molar-refractivity contribution < 1.29 is 27.5 Å². The Morgan fingerprint density at radius 2 is 1.94 bits per heavy atom. The molecule has 1 heterocycles. The van der Waals surface area contributed by atoms with Crippen LogP contribution in [0.1, 0.15) is 18.4 Å². The van der Waals surface area contributed by atoms with E-state index < -0.39 is 22.5 Å². The molecule has 2 N–H and O–H groups in total. The van der Waals surface area contributed by atoms with Crippen molar-refractivity contribution in [1.82, 2.24) is 10.7 Å². The van der Waals surface area contributed by atoms with Gasteiger partial charge in [-0.05, 0) is 70.7 Å². The van der Waals surface area contributed by atoms with Gasteiger partial charge in [0.2, 0.25) is 10.0 Å². The summed E-state index contributed by atoms with van der Waals surface area (Å²) in [5.41, 5.74) is 3.35. The average Bonchev–Trinajstić information content (AvgIpc) is 3.34. The lowest BCUT2D eigenvalue weighted by molar-refractivity contribution is -0.123. The third kappa shape index (κ3) is 8.64. The van der Waals surface area contributed by atoms with Gasteiger partial charge < -0.3 is 14.8 Å². The minimum Gasteiger partial charge on any atom is -0.484 e. The zero-order valence-corrected chi connectivity index (χ0v) is 21.5. The van der Waals surface area contributed by atoms with E-state index in [0.29, 0.717) is 28.0 Å². The van der Waals surface area contributed by atoms with Gasteiger partial charge in [0.05, 0.1) is 24.3 Å². The molecule has 1 aliphatic heterocycles. The lowest BCUT2D eigenvalue weighted by Gasteiger charge is -2.22. The topological polar surface area (TPSA) is 126 Å². The van der Waals surface area contributed by atoms with Crippen LogP contribution in [0.2, 0.25) is 0 Å². The molecule has 10 nitrogen and oxygen atoms in total. The van der Waals surface area contributed by atoms with E-state index in [2.05, 4.69) is 31.8 Å². The highest BCUT2D eigenvalue weighted by Crippen LogP contribution is 2.27. The van der Waals surface area contributed by atoms with Crippen molar-refractivity contribution in [2.45, 2.75) is 18.9 Å². The number of amides is 2. The lowest BCUT2D eigenvalue weighted by Crippen LogP contribution is -2.39. The zero-order chi connectivity index (χ0) is 25.3. The smallest absolute Gasteiger partial charge is 0.260 e. The van der Waals surface area contributed by atoms with E-state index in [1.54, 1.807) is 48.5 Å². The van der Waals surface area contributed by atoms with E-state index in [1.807, 2.05) is 0 Å². The van der Waals surface area contributed by atoms with Crippen molar-refractivity contribution in [3.8, 4) is 5.75 Å². The third-order valence-corrected chi connectivity index (χ3v) is 6.81. The Morgan fingerprint density at radius 1 is 1.20 bits per heavy atom. The monoisotopic (exact) mass is 566 g/mol. The van der Waals surface area contributed by atoms with Gasteiger partial charge in [-0.15, -0.1) is 0 Å². The molecular weight excluding hydrogens is 540 g/mol. The molecule has 1 fully saturated rings. The Kier molecular flexibility index (Phi) is 9.64. The van der Waals surface area contributed by atoms with E-state index in [0.717, 1.165) is 30.0 Å². The summed E-state index contributed by atoms with van der Waals surface area (Å²) in [5.74, 6) is -0.313. The van der Waals surface area contributed by atoms with Gasteiger partial charge in [0.25, 0.3) is 11.8 Å². The Labute approximate surface area is 212 Å². The summed E-state index contributed by atoms with van der Waals surface area (Å²) >= 11 is 3.30. The summed E-state index contributed by atoms with van der Waals surface area (Å²) < 4.78 is 36.8. The molecule has 0 saturated carbocycles. The first kappa shape index (κ1) is 26.6. The number of benzene rings is 2. The maximum atomic E-state index is 12.3. The highest BCUT2D eigenvalue weighted by molar-refractivity contribution is 9.10. The minimum absolute atomic E-state index is 0.0765. The maximum absolute atomic E-state index is 12.3. The molecule has 0 radical (unpaired) electrons. The van der Waals surface area contributed by atoms with Crippen LogP contribution in [-0.4, -0.2) is 65.1 Å². The lowest BCUT2D eigenvalue weighted by atomic mass is 10.2. The first-order valence-electron chi connectivity index (χ1n) is 10.9. The van der Waals surface area contributed by atoms with Gasteiger partial charge in [0, 0.05) is 17.6 Å². The fourth-order valence-electron chi connectivity index (χ4n) is 3.26. The number of sulfonamides is 1. The molecule has 0 bridgehead atoms. The van der Waals surface area contributed by atoms with Crippen molar-refractivity contribution in [3.63, 3.8) is 0 Å². The molecule has 1 unspecified atom stereocenters. The highest BCUT2D eigenvalue weighted by Gasteiger charge is 2.22. The predicted octanol–water partition coefficient (Wildman–Crippen LogP) is 2.04. The highest BCUT2D eigenvalue weighted by atomic mass is 79.9. The number of nitrogens with one attached hydrogen (secondary N) is 2. The van der Waals surface area contributed by atoms with Gasteiger partial charge in [-0.25, -0.2) is 13.8 Å². The second-order valence-electron chi connectivity index (χ2n) is 7.81. The standard InChI is InChI=1S/C23H27BrN4O6S/c1-35(31,32)28(21-7-3-2-6-20(21)24)15-22(29)27-26-13-17-8-10-18(11-9-17)34-16-23(30)25-14-19-5-4-12-33-19/h2-3,6-11,13,19H,4-5,12,14-16H2,1H3,(H,25,30)(H,27,29)/b26-13+. The molecule has 0 aliphatic carbocycles. The quantitative estimate of drug-likeness (QED) is 0.316. The van der Waals surface area contributed by atoms with E-state index in [9.17, 15) is 18.0 Å². The summed E-state index contributed by atoms with van der Waals surface area (Å²) in [4.78, 5) is 24.2. The second-order valence-corrected chi connectivity index (χ2v) is 10.6. The average molecular weight is 567 g/mol. The number of ether oxygens (including phenoxy) is 2. The normalized spacial score (nSPS) is 15.7. The molecule has 35 heavy (non-hydrogen) atoms. The van der Waals surface area contributed by atoms with Crippen LogP contribution >= 0.6 is 15.9 Å². The fraction of sp³-hybridized carbons (Fsp3) is 0.348. The third-order valence-electron chi connectivity index (χ3n) is 5.01. The van der Waals surface area contributed by atoms with Crippen molar-refractivity contribution in [2.24, 2.45) is 5.10 Å². The van der Waals surface area contributed by atoms with Crippen LogP contribution in [0.3, 0.4) is 0 Å². The minimum atomic E-state index is -3.70. The molecule has 3 rings (SSSR count). The number of rotatable bonds is 11. The summed E-state index contributed by atoms with van der Waals surface area (Å²) in [6, 6.07) is 13.5. The largest absolute Gasteiger partial charge is 0.484 e. The van der Waals surface area contributed by atoms with Crippen molar-refractivity contribution in [3.05, 3.63) is 58.6 Å². The summed E-state index contributed by atoms with van der Waals surface area (Å²) in [6.45, 7) is 0.681. The summed E-state index contributed by atoms with van der Waals surface area (Å²) in [5, 5.41) is 6.67. The van der Waals surface area contributed by atoms with Crippen molar-refractivity contribution in [1.29, 1.82) is 0 Å². The number of hydrazone groups is 1. The first-order chi connectivity index (χ1) is 16.7. The van der Waals surface area contributed by atoms with Crippen LogP contribution in [0.4, 0.5) is 5.69 Å². The van der Waals surface area contributed by atoms with Gasteiger partial charge in [-0.3, -0.25) is 13.9 Å². The van der Waals surface area contributed by atoms with E-state index >= 15 is 0 Å². The molecule has 2 amide bonds. The number of hydrogen-bond acceptors (Lipinski definition) is 7. The van der Waals surface area contributed by atoms with Gasteiger partial charge in [-0.2, -0.15) is 5.10 Å². The predicted molar refractivity (Wildman–Crippen MR) is 136 cm³/mol. The Morgan fingerprint density at radius 3 is 2.60 bits per heavy atom. The first-order valence-corrected chi connectivity index (χ1v) is 13.5. The van der Waals surface area contributed by atoms with Crippen LogP contribution in [0, 0.1) is 0 Å². The van der Waals surface area contributed by atoms with Gasteiger partial charge >= 0.3 is 0 Å². The van der Waals surface area contributed by atoms with Gasteiger partial charge in [-0.1, -0.05) is 12.1 Å². The van der Waals surface area contributed by atoms with Crippen LogP contribution < -0.4 is 19.8 Å². The Bertz CT molecular complexity index is 1150. The number of halogens is 1. The Balaban J connectivity index is 1.46. The number of hydrogen-bond donors (Lipinski definition) is 2. The number of carbonyl (C=O) groups is 2. The maximum Gasteiger partial charge on any atom is 0.260 e. The summed E-state index contributed by atoms with van der Waals surface area (Å²) in [6.07, 6.45) is 4.49. The van der Waals surface area contributed by atoms with E-state index in [4.69, 9.17) is 9.47 Å². The van der Waals surface area contributed by atoms with Gasteiger partial charge in [0.1, 0.15) is 12.3 Å². The SMILES string of the molecule is CS(=O)(=O)N(CC(=O)N/N=C/c1ccc(OCC(=O)NCC2CCCO2)cc1)c1ccccc1Br. The van der Waals surface area contributed by atoms with Gasteiger partial charge in [0.15, 0.2) is 6.61 Å². The van der Waals surface area contributed by atoms with E-state index in [-0.39, 0.29) is 18.6 Å². The molecule has 1 aliphatic rings. The zero-order valence-electron chi connectivity index (χ0n) is 19.1. The van der Waals surface area contributed by atoms with Crippen LogP contribution in [0.5, 0.6) is 5.75 Å².